The minimum absolute atomic E-state index is 0.126. The van der Waals surface area contributed by atoms with Crippen LogP contribution in [-0.4, -0.2) is 11.1 Å². The number of hydrogen-bond donors (Lipinski definition) is 1. The van der Waals surface area contributed by atoms with Gasteiger partial charge in [-0.3, -0.25) is 4.79 Å². The third-order valence-corrected chi connectivity index (χ3v) is 5.89. The summed E-state index contributed by atoms with van der Waals surface area (Å²) in [5.41, 5.74) is 0. The Bertz CT molecular complexity index is 301. The van der Waals surface area contributed by atoms with E-state index in [1.807, 2.05) is 0 Å². The second kappa shape index (κ2) is 19.2. The molecule has 0 heterocycles. The van der Waals surface area contributed by atoms with Crippen molar-refractivity contribution in [1.82, 2.24) is 0 Å². The Morgan fingerprint density at radius 2 is 1.00 bits per heavy atom. The molecule has 26 heavy (non-hydrogen) atoms. The molecule has 2 nitrogen and oxygen atoms in total. The summed E-state index contributed by atoms with van der Waals surface area (Å²) in [6.07, 6.45) is 23.2. The van der Waals surface area contributed by atoms with Gasteiger partial charge in [-0.15, -0.1) is 0 Å². The van der Waals surface area contributed by atoms with Gasteiger partial charge >= 0.3 is 5.97 Å². The molecule has 1 N–H and O–H groups in total. The number of rotatable bonds is 20. The molecule has 0 aliphatic carbocycles. The summed E-state index contributed by atoms with van der Waals surface area (Å²) in [4.78, 5) is 11.5. The molecule has 0 fully saturated rings. The first-order valence-electron chi connectivity index (χ1n) is 11.9. The summed E-state index contributed by atoms with van der Waals surface area (Å²) in [7, 11) is 0. The lowest BCUT2D eigenvalue weighted by molar-refractivity contribution is -0.143. The van der Waals surface area contributed by atoms with E-state index in [0.29, 0.717) is 5.92 Å². The van der Waals surface area contributed by atoms with E-state index in [-0.39, 0.29) is 5.92 Å². The van der Waals surface area contributed by atoms with Crippen molar-refractivity contribution in [3.8, 4) is 0 Å². The van der Waals surface area contributed by atoms with Gasteiger partial charge in [-0.25, -0.2) is 0 Å². The molecule has 2 unspecified atom stereocenters. The van der Waals surface area contributed by atoms with Crippen LogP contribution in [0.5, 0.6) is 0 Å². The smallest absolute Gasteiger partial charge is 0.306 e. The standard InChI is InChI=1S/C24H48O2/c1-4-6-8-9-10-11-12-13-14-15-16-17-18-19-21-23(24(25)26)22(3)20-7-5-2/h22-23H,4-21H2,1-3H3,(H,25,26). The molecular weight excluding hydrogens is 320 g/mol. The SMILES string of the molecule is CCCCCCCCCCCCCCCCC(C(=O)O)C(C)CCCC. The fourth-order valence-electron chi connectivity index (χ4n) is 3.94. The summed E-state index contributed by atoms with van der Waals surface area (Å²) < 4.78 is 0. The molecule has 0 amide bonds. The van der Waals surface area contributed by atoms with Crippen LogP contribution in [0.3, 0.4) is 0 Å². The molecule has 0 rings (SSSR count). The molecule has 0 radical (unpaired) electrons. The third-order valence-electron chi connectivity index (χ3n) is 5.89. The van der Waals surface area contributed by atoms with Crippen LogP contribution in [0.1, 0.15) is 136 Å². The van der Waals surface area contributed by atoms with Crippen molar-refractivity contribution in [3.05, 3.63) is 0 Å². The minimum atomic E-state index is -0.580. The van der Waals surface area contributed by atoms with Crippen molar-refractivity contribution >= 4 is 5.97 Å². The quantitative estimate of drug-likeness (QED) is 0.219. The number of carbonyl (C=O) groups is 1. The molecule has 0 aromatic rings. The van der Waals surface area contributed by atoms with Crippen LogP contribution in [0.4, 0.5) is 0 Å². The Labute approximate surface area is 164 Å². The number of aliphatic carboxylic acids is 1. The maximum absolute atomic E-state index is 11.5. The van der Waals surface area contributed by atoms with Gasteiger partial charge in [0.25, 0.3) is 0 Å². The van der Waals surface area contributed by atoms with E-state index in [2.05, 4.69) is 20.8 Å². The highest BCUT2D eigenvalue weighted by Gasteiger charge is 2.23. The highest BCUT2D eigenvalue weighted by Crippen LogP contribution is 2.24. The largest absolute Gasteiger partial charge is 0.481 e. The van der Waals surface area contributed by atoms with Crippen molar-refractivity contribution in [2.75, 3.05) is 0 Å². The molecule has 0 aromatic heterocycles. The first-order chi connectivity index (χ1) is 12.6. The van der Waals surface area contributed by atoms with Crippen molar-refractivity contribution < 1.29 is 9.90 Å². The Balaban J connectivity index is 3.44. The van der Waals surface area contributed by atoms with Gasteiger partial charge < -0.3 is 5.11 Å². The van der Waals surface area contributed by atoms with E-state index in [1.165, 1.54) is 83.5 Å². The van der Waals surface area contributed by atoms with Gasteiger partial charge in [0.15, 0.2) is 0 Å². The second-order valence-electron chi connectivity index (χ2n) is 8.45. The average molecular weight is 369 g/mol. The maximum atomic E-state index is 11.5. The van der Waals surface area contributed by atoms with Crippen LogP contribution < -0.4 is 0 Å². The van der Waals surface area contributed by atoms with Crippen LogP contribution in [-0.2, 0) is 4.79 Å². The fraction of sp³-hybridized carbons (Fsp3) is 0.958. The minimum Gasteiger partial charge on any atom is -0.481 e. The number of carboxylic acid groups (broad SMARTS) is 1. The van der Waals surface area contributed by atoms with Crippen molar-refractivity contribution in [3.63, 3.8) is 0 Å². The zero-order valence-electron chi connectivity index (χ0n) is 18.2. The lowest BCUT2D eigenvalue weighted by atomic mass is 9.85. The summed E-state index contributed by atoms with van der Waals surface area (Å²) in [6.45, 7) is 6.58. The molecule has 0 aliphatic rings. The fourth-order valence-corrected chi connectivity index (χ4v) is 3.94. The topological polar surface area (TPSA) is 37.3 Å². The van der Waals surface area contributed by atoms with Gasteiger partial charge in [-0.2, -0.15) is 0 Å². The van der Waals surface area contributed by atoms with Crippen LogP contribution in [0.15, 0.2) is 0 Å². The van der Waals surface area contributed by atoms with E-state index in [9.17, 15) is 9.90 Å². The first-order valence-corrected chi connectivity index (χ1v) is 11.9. The van der Waals surface area contributed by atoms with Crippen molar-refractivity contribution in [1.29, 1.82) is 0 Å². The molecule has 2 heteroatoms. The van der Waals surface area contributed by atoms with Gasteiger partial charge in [-0.1, -0.05) is 124 Å². The Hall–Kier alpha value is -0.530. The average Bonchev–Trinajstić information content (AvgIpc) is 2.62. The van der Waals surface area contributed by atoms with E-state index >= 15 is 0 Å². The Morgan fingerprint density at radius 1 is 0.615 bits per heavy atom. The maximum Gasteiger partial charge on any atom is 0.306 e. The van der Waals surface area contributed by atoms with E-state index in [1.54, 1.807) is 0 Å². The Kier molecular flexibility index (Phi) is 18.8. The highest BCUT2D eigenvalue weighted by molar-refractivity contribution is 5.70. The summed E-state index contributed by atoms with van der Waals surface area (Å²) in [5, 5.41) is 9.45. The van der Waals surface area contributed by atoms with Crippen molar-refractivity contribution in [2.24, 2.45) is 11.8 Å². The predicted octanol–water partition coefficient (Wildman–Crippen LogP) is 8.38. The normalized spacial score (nSPS) is 13.7. The third kappa shape index (κ3) is 15.7. The molecule has 156 valence electrons. The van der Waals surface area contributed by atoms with Gasteiger partial charge in [0, 0.05) is 0 Å². The predicted molar refractivity (Wildman–Crippen MR) is 115 cm³/mol. The first kappa shape index (κ1) is 25.5. The van der Waals surface area contributed by atoms with Gasteiger partial charge in [0.05, 0.1) is 5.92 Å². The zero-order chi connectivity index (χ0) is 19.5. The van der Waals surface area contributed by atoms with E-state index in [4.69, 9.17) is 0 Å². The van der Waals surface area contributed by atoms with Crippen molar-refractivity contribution in [2.45, 2.75) is 136 Å². The zero-order valence-corrected chi connectivity index (χ0v) is 18.2. The van der Waals surface area contributed by atoms with Gasteiger partial charge in [-0.05, 0) is 18.8 Å². The van der Waals surface area contributed by atoms with Crippen LogP contribution in [0.25, 0.3) is 0 Å². The molecule has 0 bridgehead atoms. The molecular formula is C24H48O2. The number of carboxylic acids is 1. The van der Waals surface area contributed by atoms with Crippen LogP contribution in [0.2, 0.25) is 0 Å². The van der Waals surface area contributed by atoms with Crippen LogP contribution >= 0.6 is 0 Å². The lowest BCUT2D eigenvalue weighted by Gasteiger charge is -2.19. The molecule has 0 aliphatic heterocycles. The number of unbranched alkanes of at least 4 members (excludes halogenated alkanes) is 14. The lowest BCUT2D eigenvalue weighted by Crippen LogP contribution is -2.21. The summed E-state index contributed by atoms with van der Waals surface area (Å²) in [6, 6.07) is 0. The van der Waals surface area contributed by atoms with Gasteiger partial charge in [0.2, 0.25) is 0 Å². The molecule has 2 atom stereocenters. The second-order valence-corrected chi connectivity index (χ2v) is 8.45. The van der Waals surface area contributed by atoms with Crippen LogP contribution in [0, 0.1) is 11.8 Å². The molecule has 0 saturated carbocycles. The van der Waals surface area contributed by atoms with E-state index < -0.39 is 5.97 Å². The molecule has 0 spiro atoms. The molecule has 0 saturated heterocycles. The molecule has 0 aromatic carbocycles. The highest BCUT2D eigenvalue weighted by atomic mass is 16.4. The van der Waals surface area contributed by atoms with E-state index in [0.717, 1.165) is 32.1 Å². The Morgan fingerprint density at radius 3 is 1.38 bits per heavy atom. The monoisotopic (exact) mass is 368 g/mol. The summed E-state index contributed by atoms with van der Waals surface area (Å²) in [5.74, 6) is -0.378. The number of hydrogen-bond acceptors (Lipinski definition) is 1. The van der Waals surface area contributed by atoms with Gasteiger partial charge in [0.1, 0.15) is 0 Å². The summed E-state index contributed by atoms with van der Waals surface area (Å²) >= 11 is 0.